The van der Waals surface area contributed by atoms with Crippen molar-refractivity contribution in [2.75, 3.05) is 5.32 Å². The van der Waals surface area contributed by atoms with Crippen molar-refractivity contribution in [1.29, 1.82) is 0 Å². The number of nitrogens with two attached hydrogens (primary N) is 1. The molecule has 0 saturated carbocycles. The van der Waals surface area contributed by atoms with E-state index >= 15 is 0 Å². The highest BCUT2D eigenvalue weighted by atomic mass is 35.5. The smallest absolute Gasteiger partial charge is 0.387 e. The van der Waals surface area contributed by atoms with Crippen LogP contribution in [0.1, 0.15) is 13.8 Å². The SMILES string of the molecule is CC(N)C(C)C(=O)Nc1cccc(OC(F)F)c1.Cl. The Kier molecular flexibility index (Phi) is 7.33. The quantitative estimate of drug-likeness (QED) is 0.877. The van der Waals surface area contributed by atoms with E-state index in [-0.39, 0.29) is 36.0 Å². The largest absolute Gasteiger partial charge is 0.435 e. The third kappa shape index (κ3) is 5.85. The van der Waals surface area contributed by atoms with E-state index in [1.54, 1.807) is 19.9 Å². The van der Waals surface area contributed by atoms with Crippen LogP contribution in [0.3, 0.4) is 0 Å². The van der Waals surface area contributed by atoms with Gasteiger partial charge in [0.25, 0.3) is 0 Å². The lowest BCUT2D eigenvalue weighted by molar-refractivity contribution is -0.119. The molecule has 2 unspecified atom stereocenters. The molecular weight excluding hydrogens is 278 g/mol. The number of rotatable bonds is 5. The van der Waals surface area contributed by atoms with E-state index in [0.29, 0.717) is 5.69 Å². The standard InChI is InChI=1S/C12H16F2N2O2.ClH/c1-7(8(2)15)11(17)16-9-4-3-5-10(6-9)18-12(13)14;/h3-8,12H,15H2,1-2H3,(H,16,17);1H. The number of hydrogen-bond donors (Lipinski definition) is 2. The topological polar surface area (TPSA) is 64.4 Å². The van der Waals surface area contributed by atoms with Crippen LogP contribution in [0.25, 0.3) is 0 Å². The summed E-state index contributed by atoms with van der Waals surface area (Å²) in [4.78, 5) is 11.7. The minimum Gasteiger partial charge on any atom is -0.435 e. The summed E-state index contributed by atoms with van der Waals surface area (Å²) in [6.07, 6.45) is 0. The minimum absolute atomic E-state index is 0. The lowest BCUT2D eigenvalue weighted by Gasteiger charge is -2.15. The summed E-state index contributed by atoms with van der Waals surface area (Å²) >= 11 is 0. The summed E-state index contributed by atoms with van der Waals surface area (Å²) in [5.74, 6) is -0.639. The summed E-state index contributed by atoms with van der Waals surface area (Å²) in [6.45, 7) is 0.527. The molecule has 0 radical (unpaired) electrons. The van der Waals surface area contributed by atoms with Crippen molar-refractivity contribution in [3.63, 3.8) is 0 Å². The Bertz CT molecular complexity index is 416. The van der Waals surface area contributed by atoms with Gasteiger partial charge in [-0.05, 0) is 19.1 Å². The molecule has 0 aliphatic rings. The molecule has 1 rings (SSSR count). The average molecular weight is 295 g/mol. The van der Waals surface area contributed by atoms with Crippen molar-refractivity contribution in [2.45, 2.75) is 26.5 Å². The monoisotopic (exact) mass is 294 g/mol. The number of carbonyl (C=O) groups excluding carboxylic acids is 1. The maximum atomic E-state index is 12.0. The van der Waals surface area contributed by atoms with Crippen molar-refractivity contribution >= 4 is 24.0 Å². The van der Waals surface area contributed by atoms with Crippen molar-refractivity contribution in [3.05, 3.63) is 24.3 Å². The van der Waals surface area contributed by atoms with Gasteiger partial charge in [-0.15, -0.1) is 12.4 Å². The zero-order valence-electron chi connectivity index (χ0n) is 10.6. The van der Waals surface area contributed by atoms with Crippen LogP contribution in [-0.2, 0) is 4.79 Å². The van der Waals surface area contributed by atoms with E-state index < -0.39 is 6.61 Å². The Morgan fingerprint density at radius 1 is 1.37 bits per heavy atom. The Balaban J connectivity index is 0.00000324. The zero-order chi connectivity index (χ0) is 13.7. The average Bonchev–Trinajstić information content (AvgIpc) is 2.27. The molecule has 0 aromatic heterocycles. The fourth-order valence-corrected chi connectivity index (χ4v) is 1.24. The number of alkyl halides is 2. The van der Waals surface area contributed by atoms with Crippen LogP contribution in [0.4, 0.5) is 14.5 Å². The number of hydrogen-bond acceptors (Lipinski definition) is 3. The van der Waals surface area contributed by atoms with Crippen molar-refractivity contribution < 1.29 is 18.3 Å². The Morgan fingerprint density at radius 2 is 2.00 bits per heavy atom. The number of anilines is 1. The summed E-state index contributed by atoms with van der Waals surface area (Å²) in [5, 5.41) is 2.59. The molecule has 1 amide bonds. The molecule has 1 aromatic rings. The van der Waals surface area contributed by atoms with Gasteiger partial charge in [-0.2, -0.15) is 8.78 Å². The fourth-order valence-electron chi connectivity index (χ4n) is 1.24. The van der Waals surface area contributed by atoms with Gasteiger partial charge in [0.05, 0.1) is 5.92 Å². The highest BCUT2D eigenvalue weighted by Crippen LogP contribution is 2.20. The molecule has 2 atom stereocenters. The molecule has 19 heavy (non-hydrogen) atoms. The second-order valence-electron chi connectivity index (χ2n) is 4.04. The molecule has 108 valence electrons. The lowest BCUT2D eigenvalue weighted by atomic mass is 10.0. The third-order valence-corrected chi connectivity index (χ3v) is 2.53. The maximum absolute atomic E-state index is 12.0. The molecule has 0 saturated heterocycles. The third-order valence-electron chi connectivity index (χ3n) is 2.53. The van der Waals surface area contributed by atoms with Gasteiger partial charge in [-0.3, -0.25) is 4.79 Å². The van der Waals surface area contributed by atoms with Crippen LogP contribution in [0.5, 0.6) is 5.75 Å². The first kappa shape index (κ1) is 17.6. The molecule has 7 heteroatoms. The van der Waals surface area contributed by atoms with Gasteiger partial charge in [-0.25, -0.2) is 0 Å². The molecular formula is C12H17ClF2N2O2. The number of nitrogens with one attached hydrogen (secondary N) is 1. The van der Waals surface area contributed by atoms with Gasteiger partial charge in [0.15, 0.2) is 0 Å². The van der Waals surface area contributed by atoms with Gasteiger partial charge in [0.1, 0.15) is 5.75 Å². The van der Waals surface area contributed by atoms with Crippen LogP contribution in [0, 0.1) is 5.92 Å². The molecule has 1 aromatic carbocycles. The summed E-state index contributed by atoms with van der Waals surface area (Å²) < 4.78 is 28.3. The summed E-state index contributed by atoms with van der Waals surface area (Å²) in [5.41, 5.74) is 6.00. The molecule has 3 N–H and O–H groups in total. The predicted octanol–water partition coefficient (Wildman–Crippen LogP) is 2.63. The molecule has 0 fully saturated rings. The summed E-state index contributed by atoms with van der Waals surface area (Å²) in [7, 11) is 0. The van der Waals surface area contributed by atoms with E-state index in [4.69, 9.17) is 5.73 Å². The van der Waals surface area contributed by atoms with Gasteiger partial charge < -0.3 is 15.8 Å². The van der Waals surface area contributed by atoms with Gasteiger partial charge >= 0.3 is 6.61 Å². The Morgan fingerprint density at radius 3 is 2.53 bits per heavy atom. The van der Waals surface area contributed by atoms with E-state index in [9.17, 15) is 13.6 Å². The van der Waals surface area contributed by atoms with Crippen LogP contribution >= 0.6 is 12.4 Å². The van der Waals surface area contributed by atoms with Crippen LogP contribution in [0.2, 0.25) is 0 Å². The number of halogens is 3. The first-order valence-corrected chi connectivity index (χ1v) is 5.51. The second kappa shape index (κ2) is 7.91. The summed E-state index contributed by atoms with van der Waals surface area (Å²) in [6, 6.07) is 5.54. The number of ether oxygens (including phenoxy) is 1. The molecule has 4 nitrogen and oxygen atoms in total. The highest BCUT2D eigenvalue weighted by Gasteiger charge is 2.17. The highest BCUT2D eigenvalue weighted by molar-refractivity contribution is 5.92. The molecule has 0 bridgehead atoms. The minimum atomic E-state index is -2.89. The van der Waals surface area contributed by atoms with E-state index in [0.717, 1.165) is 0 Å². The fraction of sp³-hybridized carbons (Fsp3) is 0.417. The van der Waals surface area contributed by atoms with Crippen LogP contribution in [-0.4, -0.2) is 18.6 Å². The van der Waals surface area contributed by atoms with Gasteiger partial charge in [0, 0.05) is 17.8 Å². The van der Waals surface area contributed by atoms with E-state index in [1.807, 2.05) is 0 Å². The van der Waals surface area contributed by atoms with Gasteiger partial charge in [0.2, 0.25) is 5.91 Å². The maximum Gasteiger partial charge on any atom is 0.387 e. The second-order valence-corrected chi connectivity index (χ2v) is 4.04. The molecule has 0 spiro atoms. The predicted molar refractivity (Wildman–Crippen MR) is 71.8 cm³/mol. The first-order valence-electron chi connectivity index (χ1n) is 5.51. The Labute approximate surface area is 116 Å². The van der Waals surface area contributed by atoms with Crippen molar-refractivity contribution in [1.82, 2.24) is 0 Å². The lowest BCUT2D eigenvalue weighted by Crippen LogP contribution is -2.34. The molecule has 0 aliphatic heterocycles. The number of carbonyl (C=O) groups is 1. The zero-order valence-corrected chi connectivity index (χ0v) is 11.4. The van der Waals surface area contributed by atoms with Crippen LogP contribution in [0.15, 0.2) is 24.3 Å². The number of benzene rings is 1. The Hall–Kier alpha value is -1.40. The number of amides is 1. The normalized spacial score (nSPS) is 13.4. The van der Waals surface area contributed by atoms with Crippen molar-refractivity contribution in [2.24, 2.45) is 11.7 Å². The van der Waals surface area contributed by atoms with E-state index in [1.165, 1.54) is 18.2 Å². The van der Waals surface area contributed by atoms with Crippen molar-refractivity contribution in [3.8, 4) is 5.75 Å². The van der Waals surface area contributed by atoms with E-state index in [2.05, 4.69) is 10.1 Å². The van der Waals surface area contributed by atoms with Gasteiger partial charge in [-0.1, -0.05) is 13.0 Å². The first-order chi connectivity index (χ1) is 8.40. The van der Waals surface area contributed by atoms with Crippen LogP contribution < -0.4 is 15.8 Å². The molecule has 0 heterocycles. The molecule has 0 aliphatic carbocycles.